The molecule has 0 aliphatic heterocycles. The van der Waals surface area contributed by atoms with Crippen LogP contribution < -0.4 is 10.9 Å². The van der Waals surface area contributed by atoms with Crippen LogP contribution in [0.15, 0.2) is 108 Å². The second-order valence-corrected chi connectivity index (χ2v) is 9.87. The highest BCUT2D eigenvalue weighted by Crippen LogP contribution is 2.35. The van der Waals surface area contributed by atoms with E-state index in [-0.39, 0.29) is 23.6 Å². The quantitative estimate of drug-likeness (QED) is 0.217. The van der Waals surface area contributed by atoms with Crippen molar-refractivity contribution in [1.82, 2.24) is 14.5 Å². The highest BCUT2D eigenvalue weighted by molar-refractivity contribution is 5.90. The molecule has 0 saturated carbocycles. The lowest BCUT2D eigenvalue weighted by molar-refractivity contribution is -0.136. The zero-order valence-corrected chi connectivity index (χ0v) is 23.1. The Kier molecular flexibility index (Phi) is 8.10. The molecule has 0 saturated heterocycles. The maximum Gasteiger partial charge on any atom is 0.418 e. The minimum absolute atomic E-state index is 0.0557. The Bertz CT molecular complexity index is 1780. The monoisotopic (exact) mass is 570 g/mol. The third-order valence-corrected chi connectivity index (χ3v) is 7.19. The Morgan fingerprint density at radius 1 is 0.905 bits per heavy atom. The number of carbonyl (C=O) groups excluding carboxylic acids is 1. The molecule has 6 nitrogen and oxygen atoms in total. The molecule has 1 atom stereocenters. The molecule has 0 aliphatic carbocycles. The van der Waals surface area contributed by atoms with E-state index in [1.165, 1.54) is 27.7 Å². The fourth-order valence-corrected chi connectivity index (χ4v) is 5.02. The average Bonchev–Trinajstić information content (AvgIpc) is 2.99. The van der Waals surface area contributed by atoms with Crippen LogP contribution in [-0.2, 0) is 19.1 Å². The number of nitrogens with zero attached hydrogens (tertiary/aromatic N) is 3. The molecule has 9 heteroatoms. The number of para-hydroxylation sites is 3. The molecule has 4 aromatic carbocycles. The highest BCUT2D eigenvalue weighted by atomic mass is 19.4. The van der Waals surface area contributed by atoms with E-state index in [9.17, 15) is 22.8 Å². The molecular weight excluding hydrogens is 541 g/mol. The van der Waals surface area contributed by atoms with Gasteiger partial charge in [-0.1, -0.05) is 79.7 Å². The van der Waals surface area contributed by atoms with Gasteiger partial charge in [0.15, 0.2) is 0 Å². The summed E-state index contributed by atoms with van der Waals surface area (Å²) in [6, 6.07) is 26.8. The number of alkyl halides is 3. The summed E-state index contributed by atoms with van der Waals surface area (Å²) in [6.07, 6.45) is -4.02. The third-order valence-electron chi connectivity index (χ3n) is 7.19. The van der Waals surface area contributed by atoms with E-state index in [0.717, 1.165) is 17.2 Å². The number of benzene rings is 4. The Labute approximate surface area is 241 Å². The third kappa shape index (κ3) is 5.76. The Morgan fingerprint density at radius 3 is 2.29 bits per heavy atom. The summed E-state index contributed by atoms with van der Waals surface area (Å²) in [5.74, 6) is 0.287. The lowest BCUT2D eigenvalue weighted by Crippen LogP contribution is -2.40. The molecule has 2 amide bonds. The fourth-order valence-electron chi connectivity index (χ4n) is 5.02. The smallest absolute Gasteiger partial charge is 0.310 e. The maximum absolute atomic E-state index is 14.0. The summed E-state index contributed by atoms with van der Waals surface area (Å²) >= 11 is 0. The molecule has 1 aromatic heterocycles. The molecule has 214 valence electrons. The number of halogens is 3. The van der Waals surface area contributed by atoms with E-state index >= 15 is 0 Å². The first-order valence-corrected chi connectivity index (χ1v) is 13.6. The predicted molar refractivity (Wildman–Crippen MR) is 158 cm³/mol. The summed E-state index contributed by atoms with van der Waals surface area (Å²) in [6.45, 7) is 3.76. The molecule has 1 unspecified atom stereocenters. The zero-order chi connectivity index (χ0) is 29.9. The van der Waals surface area contributed by atoms with Gasteiger partial charge in [-0.2, -0.15) is 13.2 Å². The van der Waals surface area contributed by atoms with Gasteiger partial charge < -0.3 is 10.2 Å². The van der Waals surface area contributed by atoms with Crippen LogP contribution in [0.5, 0.6) is 0 Å². The van der Waals surface area contributed by atoms with Gasteiger partial charge in [0.25, 0.3) is 5.56 Å². The average molecular weight is 571 g/mol. The van der Waals surface area contributed by atoms with E-state index in [2.05, 4.69) is 5.32 Å². The van der Waals surface area contributed by atoms with Gasteiger partial charge in [0, 0.05) is 6.54 Å². The molecule has 0 aliphatic rings. The van der Waals surface area contributed by atoms with Crippen molar-refractivity contribution in [2.24, 2.45) is 0 Å². The van der Waals surface area contributed by atoms with Crippen LogP contribution in [0.3, 0.4) is 0 Å². The van der Waals surface area contributed by atoms with Crippen molar-refractivity contribution < 1.29 is 18.0 Å². The van der Waals surface area contributed by atoms with E-state index < -0.39 is 23.8 Å². The van der Waals surface area contributed by atoms with Crippen molar-refractivity contribution in [3.8, 4) is 5.69 Å². The Balaban J connectivity index is 1.67. The number of hydrogen-bond donors (Lipinski definition) is 1. The van der Waals surface area contributed by atoms with E-state index in [4.69, 9.17) is 4.98 Å². The SMILES string of the molecule is CCc1ccccc1-n1c(C(C)N(Cc2ccccc2)C(=O)Nc2ccccc2C(F)(F)F)nc2ccccc2c1=O. The van der Waals surface area contributed by atoms with Gasteiger partial charge in [0.1, 0.15) is 5.82 Å². The molecule has 0 fully saturated rings. The molecular formula is C33H29F3N4O2. The minimum Gasteiger partial charge on any atom is -0.310 e. The van der Waals surface area contributed by atoms with E-state index in [1.54, 1.807) is 31.2 Å². The van der Waals surface area contributed by atoms with Gasteiger partial charge in [-0.05, 0) is 54.8 Å². The van der Waals surface area contributed by atoms with Crippen molar-refractivity contribution in [2.45, 2.75) is 39.0 Å². The number of fused-ring (bicyclic) bond motifs is 1. The molecule has 0 bridgehead atoms. The van der Waals surface area contributed by atoms with Gasteiger partial charge in [0.2, 0.25) is 0 Å². The fraction of sp³-hybridized carbons (Fsp3) is 0.182. The van der Waals surface area contributed by atoms with Gasteiger partial charge in [-0.25, -0.2) is 9.78 Å². The number of carbonyl (C=O) groups is 1. The van der Waals surface area contributed by atoms with Crippen molar-refractivity contribution in [1.29, 1.82) is 0 Å². The normalized spacial score (nSPS) is 12.2. The molecule has 1 heterocycles. The first-order valence-electron chi connectivity index (χ1n) is 13.6. The minimum atomic E-state index is -4.66. The molecule has 5 aromatic rings. The van der Waals surface area contributed by atoms with Crippen LogP contribution in [0.1, 0.15) is 42.4 Å². The van der Waals surface area contributed by atoms with Gasteiger partial charge >= 0.3 is 12.2 Å². The number of nitrogens with one attached hydrogen (secondary N) is 1. The maximum atomic E-state index is 14.0. The van der Waals surface area contributed by atoms with Crippen molar-refractivity contribution in [3.63, 3.8) is 0 Å². The first-order chi connectivity index (χ1) is 20.2. The number of aromatic nitrogens is 2. The number of aryl methyl sites for hydroxylation is 1. The topological polar surface area (TPSA) is 67.2 Å². The van der Waals surface area contributed by atoms with Crippen LogP contribution in [0.4, 0.5) is 23.7 Å². The molecule has 1 N–H and O–H groups in total. The van der Waals surface area contributed by atoms with Crippen LogP contribution >= 0.6 is 0 Å². The zero-order valence-electron chi connectivity index (χ0n) is 23.1. The highest BCUT2D eigenvalue weighted by Gasteiger charge is 2.35. The second kappa shape index (κ2) is 11.9. The Morgan fingerprint density at radius 2 is 1.55 bits per heavy atom. The molecule has 42 heavy (non-hydrogen) atoms. The molecule has 0 spiro atoms. The van der Waals surface area contributed by atoms with Gasteiger partial charge in [0.05, 0.1) is 33.9 Å². The molecule has 5 rings (SSSR count). The number of anilines is 1. The van der Waals surface area contributed by atoms with Crippen molar-refractivity contribution >= 4 is 22.6 Å². The summed E-state index contributed by atoms with van der Waals surface area (Å²) in [4.78, 5) is 34.1. The van der Waals surface area contributed by atoms with Crippen molar-refractivity contribution in [2.75, 3.05) is 5.32 Å². The van der Waals surface area contributed by atoms with Crippen LogP contribution in [0, 0.1) is 0 Å². The lowest BCUT2D eigenvalue weighted by atomic mass is 10.1. The van der Waals surface area contributed by atoms with E-state index in [0.29, 0.717) is 23.0 Å². The standard InChI is InChI=1S/C33H29F3N4O2/c1-3-24-15-7-12-20-29(24)40-30(37-27-18-10-8-16-25(27)31(40)41)22(2)39(21-23-13-5-4-6-14-23)32(42)38-28-19-11-9-17-26(28)33(34,35)36/h4-20,22H,3,21H2,1-2H3,(H,38,42). The largest absolute Gasteiger partial charge is 0.418 e. The molecule has 0 radical (unpaired) electrons. The Hall–Kier alpha value is -4.92. The van der Waals surface area contributed by atoms with Crippen LogP contribution in [-0.4, -0.2) is 20.5 Å². The van der Waals surface area contributed by atoms with E-state index in [1.807, 2.05) is 61.5 Å². The second-order valence-electron chi connectivity index (χ2n) is 9.87. The van der Waals surface area contributed by atoms with Gasteiger partial charge in [-0.15, -0.1) is 0 Å². The first kappa shape index (κ1) is 28.6. The summed E-state index contributed by atoms with van der Waals surface area (Å²) < 4.78 is 42.8. The number of hydrogen-bond acceptors (Lipinski definition) is 3. The number of amides is 2. The number of urea groups is 1. The lowest BCUT2D eigenvalue weighted by Gasteiger charge is -2.31. The van der Waals surface area contributed by atoms with Crippen LogP contribution in [0.2, 0.25) is 0 Å². The van der Waals surface area contributed by atoms with Gasteiger partial charge in [-0.3, -0.25) is 9.36 Å². The summed E-state index contributed by atoms with van der Waals surface area (Å²) in [5, 5.41) is 2.89. The predicted octanol–water partition coefficient (Wildman–Crippen LogP) is 7.76. The summed E-state index contributed by atoms with van der Waals surface area (Å²) in [7, 11) is 0. The van der Waals surface area contributed by atoms with Crippen LogP contribution in [0.25, 0.3) is 16.6 Å². The number of rotatable bonds is 7. The summed E-state index contributed by atoms with van der Waals surface area (Å²) in [5.41, 5.74) is 1.13. The van der Waals surface area contributed by atoms with Crippen molar-refractivity contribution in [3.05, 3.63) is 136 Å².